The number of benzene rings is 1. The molecule has 3 heterocycles. The van der Waals surface area contributed by atoms with Crippen LogP contribution < -0.4 is 10.1 Å². The number of hydrogen-bond acceptors (Lipinski definition) is 6. The number of halogens is 1. The summed E-state index contributed by atoms with van der Waals surface area (Å²) in [5.74, 6) is -1.22. The van der Waals surface area contributed by atoms with Gasteiger partial charge in [-0.3, -0.25) is 9.59 Å². The number of nitrogens with one attached hydrogen (secondary N) is 1. The molecule has 0 saturated carbocycles. The molecule has 0 unspecified atom stereocenters. The number of urea groups is 1. The first-order chi connectivity index (χ1) is 17.3. The third-order valence-electron chi connectivity index (χ3n) is 7.24. The SMILES string of the molecule is O=C(O)[C@@H]1[C@@H](CC2CCNCC2)C(=O)N1C(=O)N1CCN(C(=O)CCCOc2ccc(Cl)cc2)CC1. The van der Waals surface area contributed by atoms with E-state index in [1.807, 2.05) is 0 Å². The minimum Gasteiger partial charge on any atom is -0.494 e. The Morgan fingerprint density at radius 1 is 1.03 bits per heavy atom. The molecule has 4 rings (SSSR count). The lowest BCUT2D eigenvalue weighted by Gasteiger charge is -2.47. The Morgan fingerprint density at radius 3 is 2.31 bits per heavy atom. The van der Waals surface area contributed by atoms with Crippen molar-refractivity contribution in [3.05, 3.63) is 29.3 Å². The molecule has 0 aliphatic carbocycles. The summed E-state index contributed by atoms with van der Waals surface area (Å²) in [5.41, 5.74) is 0. The zero-order valence-corrected chi connectivity index (χ0v) is 21.0. The van der Waals surface area contributed by atoms with Gasteiger partial charge in [-0.1, -0.05) is 11.6 Å². The van der Waals surface area contributed by atoms with Gasteiger partial charge in [0.25, 0.3) is 0 Å². The molecule has 2 atom stereocenters. The van der Waals surface area contributed by atoms with E-state index >= 15 is 0 Å². The van der Waals surface area contributed by atoms with Gasteiger partial charge in [0.05, 0.1) is 12.5 Å². The molecule has 36 heavy (non-hydrogen) atoms. The fourth-order valence-electron chi connectivity index (χ4n) is 5.15. The van der Waals surface area contributed by atoms with E-state index in [1.165, 1.54) is 4.90 Å². The number of piperazine rings is 1. The topological polar surface area (TPSA) is 119 Å². The van der Waals surface area contributed by atoms with Crippen LogP contribution in [0, 0.1) is 11.8 Å². The minimum atomic E-state index is -1.14. The molecule has 11 heteroatoms. The molecule has 1 aromatic rings. The zero-order chi connectivity index (χ0) is 25.7. The van der Waals surface area contributed by atoms with Gasteiger partial charge in [-0.05, 0) is 69.0 Å². The van der Waals surface area contributed by atoms with Crippen molar-refractivity contribution >= 4 is 35.4 Å². The predicted octanol–water partition coefficient (Wildman–Crippen LogP) is 2.06. The second-order valence-electron chi connectivity index (χ2n) is 9.58. The summed E-state index contributed by atoms with van der Waals surface area (Å²) < 4.78 is 5.62. The van der Waals surface area contributed by atoms with Crippen molar-refractivity contribution in [2.45, 2.75) is 38.1 Å². The van der Waals surface area contributed by atoms with Gasteiger partial charge in [-0.25, -0.2) is 14.5 Å². The monoisotopic (exact) mass is 520 g/mol. The third-order valence-corrected chi connectivity index (χ3v) is 7.49. The minimum absolute atomic E-state index is 0.0210. The van der Waals surface area contributed by atoms with E-state index in [9.17, 15) is 24.3 Å². The van der Waals surface area contributed by atoms with E-state index in [2.05, 4.69) is 5.32 Å². The molecule has 3 aliphatic heterocycles. The van der Waals surface area contributed by atoms with Crippen molar-refractivity contribution in [1.29, 1.82) is 0 Å². The number of nitrogens with zero attached hydrogens (tertiary/aromatic N) is 3. The van der Waals surface area contributed by atoms with E-state index < -0.39 is 29.9 Å². The lowest BCUT2D eigenvalue weighted by molar-refractivity contribution is -0.167. The lowest BCUT2D eigenvalue weighted by Crippen LogP contribution is -2.69. The molecule has 1 aromatic carbocycles. The van der Waals surface area contributed by atoms with Crippen molar-refractivity contribution in [2.75, 3.05) is 45.9 Å². The summed E-state index contributed by atoms with van der Waals surface area (Å²) in [6, 6.07) is 5.34. The third kappa shape index (κ3) is 6.10. The van der Waals surface area contributed by atoms with Gasteiger partial charge in [0.15, 0.2) is 6.04 Å². The molecular weight excluding hydrogens is 488 g/mol. The van der Waals surface area contributed by atoms with Gasteiger partial charge in [0.1, 0.15) is 5.75 Å². The summed E-state index contributed by atoms with van der Waals surface area (Å²) in [6.07, 6.45) is 3.21. The van der Waals surface area contributed by atoms with Gasteiger partial charge >= 0.3 is 12.0 Å². The number of piperidine rings is 1. The first-order valence-electron chi connectivity index (χ1n) is 12.6. The maximum atomic E-state index is 13.0. The number of amides is 4. The van der Waals surface area contributed by atoms with Crippen LogP contribution in [-0.4, -0.2) is 95.5 Å². The van der Waals surface area contributed by atoms with Crippen LogP contribution in [0.2, 0.25) is 5.02 Å². The van der Waals surface area contributed by atoms with Crippen molar-refractivity contribution in [1.82, 2.24) is 20.0 Å². The Morgan fingerprint density at radius 2 is 1.67 bits per heavy atom. The highest BCUT2D eigenvalue weighted by Crippen LogP contribution is 2.35. The maximum absolute atomic E-state index is 13.0. The number of β-lactam (4-membered cyclic amide) rings is 1. The summed E-state index contributed by atoms with van der Waals surface area (Å²) >= 11 is 5.85. The Kier molecular flexibility index (Phi) is 8.68. The molecule has 2 N–H and O–H groups in total. The summed E-state index contributed by atoms with van der Waals surface area (Å²) in [6.45, 7) is 3.36. The van der Waals surface area contributed by atoms with Gasteiger partial charge in [0.2, 0.25) is 11.8 Å². The number of carbonyl (C=O) groups is 4. The second kappa shape index (κ2) is 11.9. The molecule has 0 radical (unpaired) electrons. The molecule has 3 aliphatic rings. The van der Waals surface area contributed by atoms with E-state index in [-0.39, 0.29) is 19.0 Å². The number of carbonyl (C=O) groups excluding carboxylic acids is 3. The predicted molar refractivity (Wildman–Crippen MR) is 132 cm³/mol. The highest BCUT2D eigenvalue weighted by molar-refractivity contribution is 6.30. The van der Waals surface area contributed by atoms with E-state index in [0.29, 0.717) is 55.6 Å². The van der Waals surface area contributed by atoms with Crippen LogP contribution >= 0.6 is 11.6 Å². The van der Waals surface area contributed by atoms with Crippen LogP contribution in [0.15, 0.2) is 24.3 Å². The number of aliphatic carboxylic acids is 1. The molecule has 0 aromatic heterocycles. The van der Waals surface area contributed by atoms with Crippen LogP contribution in [0.4, 0.5) is 4.79 Å². The van der Waals surface area contributed by atoms with Crippen molar-refractivity contribution < 1.29 is 29.0 Å². The van der Waals surface area contributed by atoms with E-state index in [0.717, 1.165) is 30.8 Å². The number of imide groups is 1. The Labute approximate surface area is 215 Å². The highest BCUT2D eigenvalue weighted by Gasteiger charge is 2.56. The average molecular weight is 521 g/mol. The molecule has 3 fully saturated rings. The molecular formula is C25H33ClN4O6. The van der Waals surface area contributed by atoms with Crippen LogP contribution in [0.5, 0.6) is 5.75 Å². The second-order valence-corrected chi connectivity index (χ2v) is 10.0. The lowest BCUT2D eigenvalue weighted by atomic mass is 9.78. The quantitative estimate of drug-likeness (QED) is 0.397. The fourth-order valence-corrected chi connectivity index (χ4v) is 5.28. The van der Waals surface area contributed by atoms with Crippen LogP contribution in [0.25, 0.3) is 0 Å². The van der Waals surface area contributed by atoms with Gasteiger partial charge in [-0.15, -0.1) is 0 Å². The summed E-state index contributed by atoms with van der Waals surface area (Å²) in [5, 5.41) is 13.6. The smallest absolute Gasteiger partial charge is 0.327 e. The van der Waals surface area contributed by atoms with Crippen molar-refractivity contribution in [3.63, 3.8) is 0 Å². The average Bonchev–Trinajstić information content (AvgIpc) is 2.89. The summed E-state index contributed by atoms with van der Waals surface area (Å²) in [4.78, 5) is 54.3. The van der Waals surface area contributed by atoms with Gasteiger partial charge in [-0.2, -0.15) is 0 Å². The Hall–Kier alpha value is -2.85. The standard InChI is InChI=1S/C25H33ClN4O6/c26-18-3-5-19(6-4-18)36-15-1-2-21(31)28-11-13-29(14-12-28)25(35)30-22(24(33)34)20(23(30)32)16-17-7-9-27-10-8-17/h3-6,17,20,22,27H,1-2,7-16H2,(H,33,34)/t20-,22+/m1/s1. The fraction of sp³-hybridized carbons (Fsp3) is 0.600. The largest absolute Gasteiger partial charge is 0.494 e. The van der Waals surface area contributed by atoms with E-state index in [1.54, 1.807) is 29.2 Å². The molecule has 4 amide bonds. The van der Waals surface area contributed by atoms with Crippen molar-refractivity contribution in [2.24, 2.45) is 11.8 Å². The van der Waals surface area contributed by atoms with Crippen LogP contribution in [0.3, 0.4) is 0 Å². The number of likely N-dealkylation sites (tertiary alicyclic amines) is 1. The number of carboxylic acids is 1. The normalized spacial score (nSPS) is 22.8. The van der Waals surface area contributed by atoms with Crippen molar-refractivity contribution in [3.8, 4) is 5.75 Å². The Balaban J connectivity index is 1.21. The van der Waals surface area contributed by atoms with E-state index in [4.69, 9.17) is 16.3 Å². The molecule has 196 valence electrons. The maximum Gasteiger partial charge on any atom is 0.327 e. The first-order valence-corrected chi connectivity index (χ1v) is 12.9. The van der Waals surface area contributed by atoms with Gasteiger partial charge < -0.3 is 25.0 Å². The first kappa shape index (κ1) is 26.2. The number of rotatable bonds is 8. The highest BCUT2D eigenvalue weighted by atomic mass is 35.5. The Bertz CT molecular complexity index is 960. The van der Waals surface area contributed by atoms with Crippen LogP contribution in [0.1, 0.15) is 32.1 Å². The summed E-state index contributed by atoms with van der Waals surface area (Å²) in [7, 11) is 0. The molecule has 3 saturated heterocycles. The van der Waals surface area contributed by atoms with Crippen LogP contribution in [-0.2, 0) is 14.4 Å². The number of ether oxygens (including phenoxy) is 1. The number of carboxylic acid groups (broad SMARTS) is 1. The molecule has 0 spiro atoms. The number of hydrogen-bond donors (Lipinski definition) is 2. The molecule has 10 nitrogen and oxygen atoms in total. The zero-order valence-electron chi connectivity index (χ0n) is 20.2. The molecule has 0 bridgehead atoms. The van der Waals surface area contributed by atoms with Gasteiger partial charge in [0, 0.05) is 37.6 Å².